The van der Waals surface area contributed by atoms with Gasteiger partial charge in [0.1, 0.15) is 0 Å². The van der Waals surface area contributed by atoms with Crippen LogP contribution in [-0.2, 0) is 0 Å². The van der Waals surface area contributed by atoms with E-state index >= 15 is 0 Å². The molecule has 1 radical (unpaired) electrons. The molecule has 0 amide bonds. The van der Waals surface area contributed by atoms with Crippen molar-refractivity contribution in [1.29, 1.82) is 0 Å². The Kier molecular flexibility index (Phi) is 4.62. The molecule has 3 fully saturated rings. The van der Waals surface area contributed by atoms with Gasteiger partial charge in [-0.3, -0.25) is 4.90 Å². The predicted molar refractivity (Wildman–Crippen MR) is 77.5 cm³/mol. The third-order valence-corrected chi connectivity index (χ3v) is 5.59. The van der Waals surface area contributed by atoms with Crippen LogP contribution in [0.25, 0.3) is 0 Å². The zero-order chi connectivity index (χ0) is 12.2. The Labute approximate surface area is 113 Å². The van der Waals surface area contributed by atoms with Gasteiger partial charge in [0.2, 0.25) is 0 Å². The van der Waals surface area contributed by atoms with Gasteiger partial charge in [-0.2, -0.15) is 0 Å². The highest BCUT2D eigenvalue weighted by atomic mass is 15.2. The first-order chi connectivity index (χ1) is 8.93. The number of nitrogens with zero attached hydrogens (tertiary/aromatic N) is 1. The minimum atomic E-state index is 0.962. The van der Waals surface area contributed by atoms with Crippen LogP contribution in [0.15, 0.2) is 0 Å². The zero-order valence-corrected chi connectivity index (χ0v) is 12.0. The maximum atomic E-state index is 2.92. The molecule has 0 heterocycles. The molecular weight excluding hydrogens is 218 g/mol. The highest BCUT2D eigenvalue weighted by Crippen LogP contribution is 2.34. The molecule has 0 aromatic heterocycles. The van der Waals surface area contributed by atoms with E-state index in [1.165, 1.54) is 90.0 Å². The molecule has 0 saturated heterocycles. The maximum Gasteiger partial charge on any atom is 0.00982 e. The normalized spacial score (nSPS) is 27.2. The lowest BCUT2D eigenvalue weighted by molar-refractivity contribution is 0.0797. The van der Waals surface area contributed by atoms with Gasteiger partial charge >= 0.3 is 0 Å². The second-order valence-electron chi connectivity index (χ2n) is 6.82. The minimum Gasteiger partial charge on any atom is -0.297 e. The van der Waals surface area contributed by atoms with Gasteiger partial charge < -0.3 is 0 Å². The SMILES string of the molecule is C1CC[C](CCCN(C2CCCC2)C2CCC2)C1. The molecule has 0 unspecified atom stereocenters. The Morgan fingerprint density at radius 1 is 0.778 bits per heavy atom. The van der Waals surface area contributed by atoms with Crippen molar-refractivity contribution >= 4 is 0 Å². The molecule has 0 atom stereocenters. The topological polar surface area (TPSA) is 3.24 Å². The Morgan fingerprint density at radius 2 is 1.39 bits per heavy atom. The van der Waals surface area contributed by atoms with Gasteiger partial charge in [-0.1, -0.05) is 32.1 Å². The van der Waals surface area contributed by atoms with Gasteiger partial charge in [0.15, 0.2) is 0 Å². The van der Waals surface area contributed by atoms with Crippen molar-refractivity contribution in [2.75, 3.05) is 6.54 Å². The summed E-state index contributed by atoms with van der Waals surface area (Å²) in [5, 5.41) is 0. The van der Waals surface area contributed by atoms with Crippen molar-refractivity contribution in [2.45, 2.75) is 95.6 Å². The molecular formula is C17H30N. The summed E-state index contributed by atoms with van der Waals surface area (Å²) in [6.45, 7) is 1.40. The number of hydrogen-bond acceptors (Lipinski definition) is 1. The lowest BCUT2D eigenvalue weighted by atomic mass is 9.89. The summed E-state index contributed by atoms with van der Waals surface area (Å²) in [5.74, 6) is 1.88. The van der Waals surface area contributed by atoms with E-state index in [1.807, 2.05) is 5.92 Å². The van der Waals surface area contributed by atoms with Gasteiger partial charge in [-0.25, -0.2) is 0 Å². The predicted octanol–water partition coefficient (Wildman–Crippen LogP) is 4.71. The van der Waals surface area contributed by atoms with Crippen molar-refractivity contribution in [2.24, 2.45) is 0 Å². The molecule has 3 rings (SSSR count). The minimum absolute atomic E-state index is 0.962. The summed E-state index contributed by atoms with van der Waals surface area (Å²) in [4.78, 5) is 2.92. The van der Waals surface area contributed by atoms with E-state index in [1.54, 1.807) is 0 Å². The van der Waals surface area contributed by atoms with Crippen molar-refractivity contribution in [3.63, 3.8) is 0 Å². The second-order valence-corrected chi connectivity index (χ2v) is 6.82. The van der Waals surface area contributed by atoms with Crippen molar-refractivity contribution in [3.8, 4) is 0 Å². The molecule has 0 aromatic rings. The molecule has 0 spiro atoms. The molecule has 1 nitrogen and oxygen atoms in total. The second kappa shape index (κ2) is 6.41. The smallest absolute Gasteiger partial charge is 0.00982 e. The van der Waals surface area contributed by atoms with E-state index in [2.05, 4.69) is 4.90 Å². The Morgan fingerprint density at radius 3 is 1.94 bits per heavy atom. The summed E-state index contributed by atoms with van der Waals surface area (Å²) >= 11 is 0. The fraction of sp³-hybridized carbons (Fsp3) is 0.941. The zero-order valence-electron chi connectivity index (χ0n) is 12.0. The Bertz CT molecular complexity index is 234. The van der Waals surface area contributed by atoms with Crippen LogP contribution in [0.1, 0.15) is 83.5 Å². The first-order valence-corrected chi connectivity index (χ1v) is 8.53. The van der Waals surface area contributed by atoms with Gasteiger partial charge in [-0.15, -0.1) is 0 Å². The molecule has 0 aromatic carbocycles. The van der Waals surface area contributed by atoms with Crippen LogP contribution < -0.4 is 0 Å². The molecule has 0 bridgehead atoms. The van der Waals surface area contributed by atoms with E-state index in [0.717, 1.165) is 12.1 Å². The van der Waals surface area contributed by atoms with E-state index in [9.17, 15) is 0 Å². The number of rotatable bonds is 6. The first-order valence-electron chi connectivity index (χ1n) is 8.53. The molecule has 3 aliphatic carbocycles. The number of hydrogen-bond donors (Lipinski definition) is 0. The van der Waals surface area contributed by atoms with Crippen LogP contribution >= 0.6 is 0 Å². The average Bonchev–Trinajstić information content (AvgIpc) is 2.98. The third kappa shape index (κ3) is 3.10. The standard InChI is InChI=1S/C17H30N/c1-2-8-15(7-1)9-6-14-18(17-12-5-13-17)16-10-3-4-11-16/h16-17H,1-14H2. The van der Waals surface area contributed by atoms with E-state index in [-0.39, 0.29) is 0 Å². The Balaban J connectivity index is 1.43. The summed E-state index contributed by atoms with van der Waals surface area (Å²) in [6.07, 6.45) is 19.2. The van der Waals surface area contributed by atoms with Crippen LogP contribution in [0.3, 0.4) is 0 Å². The molecule has 1 heteroatoms. The molecule has 18 heavy (non-hydrogen) atoms. The summed E-state index contributed by atoms with van der Waals surface area (Å²) < 4.78 is 0. The highest BCUT2D eigenvalue weighted by Gasteiger charge is 2.31. The first kappa shape index (κ1) is 13.0. The van der Waals surface area contributed by atoms with E-state index < -0.39 is 0 Å². The third-order valence-electron chi connectivity index (χ3n) is 5.59. The summed E-state index contributed by atoms with van der Waals surface area (Å²) in [6, 6.07) is 1.94. The molecule has 0 aliphatic heterocycles. The van der Waals surface area contributed by atoms with Gasteiger partial charge in [-0.05, 0) is 63.8 Å². The van der Waals surface area contributed by atoms with Gasteiger partial charge in [0.05, 0.1) is 0 Å². The van der Waals surface area contributed by atoms with Crippen molar-refractivity contribution in [1.82, 2.24) is 4.90 Å². The molecule has 0 N–H and O–H groups in total. The van der Waals surface area contributed by atoms with Crippen LogP contribution in [0.4, 0.5) is 0 Å². The average molecular weight is 248 g/mol. The van der Waals surface area contributed by atoms with Crippen molar-refractivity contribution < 1.29 is 0 Å². The highest BCUT2D eigenvalue weighted by molar-refractivity contribution is 4.95. The molecule has 3 aliphatic rings. The monoisotopic (exact) mass is 248 g/mol. The lowest BCUT2D eigenvalue weighted by Crippen LogP contribution is -2.46. The van der Waals surface area contributed by atoms with E-state index in [0.29, 0.717) is 0 Å². The van der Waals surface area contributed by atoms with Crippen molar-refractivity contribution in [3.05, 3.63) is 5.92 Å². The fourth-order valence-corrected chi connectivity index (χ4v) is 4.25. The molecule has 3 saturated carbocycles. The van der Waals surface area contributed by atoms with Gasteiger partial charge in [0, 0.05) is 12.1 Å². The van der Waals surface area contributed by atoms with Crippen LogP contribution in [0.2, 0.25) is 0 Å². The van der Waals surface area contributed by atoms with Crippen LogP contribution in [0.5, 0.6) is 0 Å². The fourth-order valence-electron chi connectivity index (χ4n) is 4.25. The Hall–Kier alpha value is -0.0400. The van der Waals surface area contributed by atoms with E-state index in [4.69, 9.17) is 0 Å². The molecule has 103 valence electrons. The van der Waals surface area contributed by atoms with Crippen LogP contribution in [-0.4, -0.2) is 23.5 Å². The summed E-state index contributed by atoms with van der Waals surface area (Å²) in [7, 11) is 0. The van der Waals surface area contributed by atoms with Gasteiger partial charge in [0.25, 0.3) is 0 Å². The largest absolute Gasteiger partial charge is 0.297 e. The van der Waals surface area contributed by atoms with Crippen LogP contribution in [0, 0.1) is 5.92 Å². The lowest BCUT2D eigenvalue weighted by Gasteiger charge is -2.41. The maximum absolute atomic E-state index is 2.92. The summed E-state index contributed by atoms with van der Waals surface area (Å²) in [5.41, 5.74) is 0. The quantitative estimate of drug-likeness (QED) is 0.658.